The number of piperidine rings is 1. The number of hydrogen-bond donors (Lipinski definition) is 1. The fourth-order valence-electron chi connectivity index (χ4n) is 4.39. The first kappa shape index (κ1) is 17.6. The molecule has 3 atom stereocenters. The Morgan fingerprint density at radius 1 is 1.18 bits per heavy atom. The molecule has 1 spiro atoms. The van der Waals surface area contributed by atoms with E-state index in [9.17, 15) is 9.18 Å². The van der Waals surface area contributed by atoms with E-state index in [0.29, 0.717) is 11.3 Å². The third kappa shape index (κ3) is 3.38. The van der Waals surface area contributed by atoms with E-state index in [1.807, 2.05) is 11.8 Å². The minimum atomic E-state index is -0.395. The summed E-state index contributed by atoms with van der Waals surface area (Å²) in [6.45, 7) is 3.54. The third-order valence-corrected chi connectivity index (χ3v) is 6.65. The number of carbonyl (C=O) groups is 1. The van der Waals surface area contributed by atoms with Crippen LogP contribution in [0.4, 0.5) is 10.4 Å². The van der Waals surface area contributed by atoms with E-state index in [-0.39, 0.29) is 29.6 Å². The van der Waals surface area contributed by atoms with Gasteiger partial charge in [0, 0.05) is 19.0 Å². The van der Waals surface area contributed by atoms with Crippen LogP contribution in [-0.2, 0) is 4.79 Å². The van der Waals surface area contributed by atoms with Gasteiger partial charge in [0.05, 0.1) is 0 Å². The van der Waals surface area contributed by atoms with Crippen molar-refractivity contribution in [2.75, 3.05) is 18.4 Å². The van der Waals surface area contributed by atoms with Gasteiger partial charge in [0.1, 0.15) is 11.9 Å². The summed E-state index contributed by atoms with van der Waals surface area (Å²) in [4.78, 5) is 14.6. The van der Waals surface area contributed by atoms with E-state index in [0.717, 1.165) is 37.9 Å². The maximum atomic E-state index is 13.1. The van der Waals surface area contributed by atoms with Gasteiger partial charge in [-0.15, -0.1) is 5.10 Å². The average Bonchev–Trinajstić information content (AvgIpc) is 3.61. The Bertz CT molecular complexity index is 867. The van der Waals surface area contributed by atoms with Gasteiger partial charge in [-0.05, 0) is 68.1 Å². The lowest BCUT2D eigenvalue weighted by atomic mass is 9.93. The summed E-state index contributed by atoms with van der Waals surface area (Å²) in [6, 6.07) is 6.46. The van der Waals surface area contributed by atoms with Crippen LogP contribution < -0.4 is 5.32 Å². The molecule has 1 aromatic carbocycles. The second-order valence-electron chi connectivity index (χ2n) is 8.64. The number of rotatable bonds is 5. The maximum Gasteiger partial charge on any atom is 0.316 e. The van der Waals surface area contributed by atoms with E-state index in [2.05, 4.69) is 15.5 Å². The molecule has 0 bridgehead atoms. The monoisotopic (exact) mass is 384 g/mol. The molecule has 2 aromatic rings. The molecule has 5 rings (SSSR count). The predicted molar refractivity (Wildman–Crippen MR) is 101 cm³/mol. The molecule has 2 aliphatic carbocycles. The van der Waals surface area contributed by atoms with Crippen molar-refractivity contribution in [3.8, 4) is 0 Å². The molecule has 1 amide bonds. The Balaban J connectivity index is 1.16. The second-order valence-corrected chi connectivity index (χ2v) is 8.64. The van der Waals surface area contributed by atoms with Crippen molar-refractivity contribution in [3.63, 3.8) is 0 Å². The molecular weight excluding hydrogens is 359 g/mol. The molecule has 7 heteroatoms. The number of carbonyl (C=O) groups excluding carboxylic acids is 1. The number of hydrogen-bond acceptors (Lipinski definition) is 5. The SMILES string of the molecule is CC(Nc1nnc(C2CC2c2ccc(F)cc2)o1)C(=O)N1CCC2(CC1)CC2. The maximum absolute atomic E-state index is 13.1. The lowest BCUT2D eigenvalue weighted by Crippen LogP contribution is -2.45. The lowest BCUT2D eigenvalue weighted by Gasteiger charge is -2.33. The molecule has 0 radical (unpaired) electrons. The van der Waals surface area contributed by atoms with Gasteiger partial charge < -0.3 is 14.6 Å². The van der Waals surface area contributed by atoms with Crippen molar-refractivity contribution < 1.29 is 13.6 Å². The summed E-state index contributed by atoms with van der Waals surface area (Å²) >= 11 is 0. The Morgan fingerprint density at radius 2 is 1.89 bits per heavy atom. The molecule has 1 saturated heterocycles. The van der Waals surface area contributed by atoms with Crippen LogP contribution in [0.5, 0.6) is 0 Å². The summed E-state index contributed by atoms with van der Waals surface area (Å²) < 4.78 is 18.8. The van der Waals surface area contributed by atoms with Crippen LogP contribution >= 0.6 is 0 Å². The zero-order valence-electron chi connectivity index (χ0n) is 16.0. The van der Waals surface area contributed by atoms with E-state index in [1.54, 1.807) is 12.1 Å². The zero-order valence-corrected chi connectivity index (χ0v) is 16.0. The van der Waals surface area contributed by atoms with Crippen LogP contribution in [0.25, 0.3) is 0 Å². The first-order valence-electron chi connectivity index (χ1n) is 10.2. The molecule has 148 valence electrons. The van der Waals surface area contributed by atoms with Crippen molar-refractivity contribution in [1.29, 1.82) is 0 Å². The van der Waals surface area contributed by atoms with Crippen LogP contribution in [0, 0.1) is 11.2 Å². The molecule has 6 nitrogen and oxygen atoms in total. The summed E-state index contributed by atoms with van der Waals surface area (Å²) in [5.41, 5.74) is 1.64. The first-order valence-corrected chi connectivity index (χ1v) is 10.2. The number of anilines is 1. The third-order valence-electron chi connectivity index (χ3n) is 6.65. The molecule has 1 N–H and O–H groups in total. The van der Waals surface area contributed by atoms with Gasteiger partial charge in [0.15, 0.2) is 0 Å². The predicted octanol–water partition coefficient (Wildman–Crippen LogP) is 3.68. The van der Waals surface area contributed by atoms with E-state index < -0.39 is 6.04 Å². The Kier molecular flexibility index (Phi) is 4.14. The van der Waals surface area contributed by atoms with E-state index in [1.165, 1.54) is 25.0 Å². The van der Waals surface area contributed by atoms with Crippen LogP contribution in [0.1, 0.15) is 62.3 Å². The number of aromatic nitrogens is 2. The van der Waals surface area contributed by atoms with Gasteiger partial charge in [-0.2, -0.15) is 0 Å². The quantitative estimate of drug-likeness (QED) is 0.851. The van der Waals surface area contributed by atoms with Crippen molar-refractivity contribution in [3.05, 3.63) is 41.5 Å². The number of nitrogens with zero attached hydrogens (tertiary/aromatic N) is 3. The number of nitrogens with one attached hydrogen (secondary N) is 1. The van der Waals surface area contributed by atoms with Crippen molar-refractivity contribution in [1.82, 2.24) is 15.1 Å². The topological polar surface area (TPSA) is 71.3 Å². The minimum absolute atomic E-state index is 0.0888. The van der Waals surface area contributed by atoms with Crippen molar-refractivity contribution in [2.24, 2.45) is 5.41 Å². The van der Waals surface area contributed by atoms with E-state index in [4.69, 9.17) is 4.42 Å². The standard InChI is InChI=1S/C21H25FN4O2/c1-13(19(27)26-10-8-21(6-7-21)9-11-26)23-20-25-24-18(28-20)17-12-16(17)14-2-4-15(22)5-3-14/h2-5,13,16-17H,6-12H2,1H3,(H,23,25). The van der Waals surface area contributed by atoms with Crippen LogP contribution in [0.15, 0.2) is 28.7 Å². The number of likely N-dealkylation sites (tertiary alicyclic amines) is 1. The van der Waals surface area contributed by atoms with Gasteiger partial charge in [-0.3, -0.25) is 4.79 Å². The Hall–Kier alpha value is -2.44. The molecule has 1 aliphatic heterocycles. The largest absolute Gasteiger partial charge is 0.408 e. The summed E-state index contributed by atoms with van der Waals surface area (Å²) in [6.07, 6.45) is 5.82. The second kappa shape index (κ2) is 6.57. The van der Waals surface area contributed by atoms with Gasteiger partial charge in [-0.25, -0.2) is 4.39 Å². The van der Waals surface area contributed by atoms with Crippen molar-refractivity contribution >= 4 is 11.9 Å². The summed E-state index contributed by atoms with van der Waals surface area (Å²) in [5.74, 6) is 0.883. The summed E-state index contributed by atoms with van der Waals surface area (Å²) in [7, 11) is 0. The highest BCUT2D eigenvalue weighted by Crippen LogP contribution is 2.54. The van der Waals surface area contributed by atoms with Gasteiger partial charge in [0.2, 0.25) is 11.8 Å². The molecule has 1 aromatic heterocycles. The fourth-order valence-corrected chi connectivity index (χ4v) is 4.39. The first-order chi connectivity index (χ1) is 13.5. The van der Waals surface area contributed by atoms with Crippen molar-refractivity contribution in [2.45, 2.75) is 56.9 Å². The number of benzene rings is 1. The molecule has 3 aliphatic rings. The van der Waals surface area contributed by atoms with E-state index >= 15 is 0 Å². The van der Waals surface area contributed by atoms with Crippen LogP contribution in [0.2, 0.25) is 0 Å². The highest BCUT2D eigenvalue weighted by molar-refractivity contribution is 5.83. The van der Waals surface area contributed by atoms with Crippen LogP contribution in [-0.4, -0.2) is 40.1 Å². The fraction of sp³-hybridized carbons (Fsp3) is 0.571. The smallest absolute Gasteiger partial charge is 0.316 e. The van der Waals surface area contributed by atoms with Gasteiger partial charge in [0.25, 0.3) is 0 Å². The Labute approximate surface area is 163 Å². The molecule has 3 unspecified atom stereocenters. The molecule has 2 heterocycles. The normalized spacial score (nSPS) is 26.1. The minimum Gasteiger partial charge on any atom is -0.408 e. The zero-order chi connectivity index (χ0) is 19.3. The van der Waals surface area contributed by atoms with Gasteiger partial charge in [-0.1, -0.05) is 17.2 Å². The number of amides is 1. The highest BCUT2D eigenvalue weighted by atomic mass is 19.1. The van der Waals surface area contributed by atoms with Crippen LogP contribution in [0.3, 0.4) is 0 Å². The number of halogens is 1. The van der Waals surface area contributed by atoms with Gasteiger partial charge >= 0.3 is 6.01 Å². The molecule has 28 heavy (non-hydrogen) atoms. The summed E-state index contributed by atoms with van der Waals surface area (Å²) in [5, 5.41) is 11.3. The molecule has 2 saturated carbocycles. The molecular formula is C21H25FN4O2. The lowest BCUT2D eigenvalue weighted by molar-refractivity contribution is -0.133. The highest BCUT2D eigenvalue weighted by Gasteiger charge is 2.46. The average molecular weight is 384 g/mol. The molecule has 3 fully saturated rings. The Morgan fingerprint density at radius 3 is 2.57 bits per heavy atom.